The topological polar surface area (TPSA) is 49.3 Å². The zero-order valence-electron chi connectivity index (χ0n) is 12.0. The molecule has 2 atom stereocenters. The SMILES string of the molecule is C=C(C)C(=O)NC1(CCCC(C)C)CCCC1O. The van der Waals surface area contributed by atoms with Gasteiger partial charge < -0.3 is 10.4 Å². The Morgan fingerprint density at radius 1 is 1.56 bits per heavy atom. The maximum Gasteiger partial charge on any atom is 0.246 e. The molecule has 1 rings (SSSR count). The standard InChI is InChI=1S/C15H27NO2/c1-11(2)7-5-9-15(10-6-8-13(15)17)16-14(18)12(3)4/h11,13,17H,3,5-10H2,1-2,4H3,(H,16,18). The second kappa shape index (κ2) is 6.37. The number of aliphatic hydroxyl groups is 1. The molecule has 3 nitrogen and oxygen atoms in total. The summed E-state index contributed by atoms with van der Waals surface area (Å²) in [6.07, 6.45) is 5.30. The van der Waals surface area contributed by atoms with E-state index >= 15 is 0 Å². The van der Waals surface area contributed by atoms with Gasteiger partial charge in [0.1, 0.15) is 0 Å². The molecule has 0 saturated heterocycles. The van der Waals surface area contributed by atoms with Gasteiger partial charge in [0, 0.05) is 5.57 Å². The first-order chi connectivity index (χ1) is 8.37. The molecule has 2 unspecified atom stereocenters. The molecule has 1 aliphatic carbocycles. The van der Waals surface area contributed by atoms with Gasteiger partial charge in [-0.25, -0.2) is 0 Å². The van der Waals surface area contributed by atoms with E-state index in [1.165, 1.54) is 0 Å². The van der Waals surface area contributed by atoms with Crippen LogP contribution in [0.4, 0.5) is 0 Å². The highest BCUT2D eigenvalue weighted by atomic mass is 16.3. The van der Waals surface area contributed by atoms with E-state index in [4.69, 9.17) is 0 Å². The summed E-state index contributed by atoms with van der Waals surface area (Å²) in [5, 5.41) is 13.2. The minimum atomic E-state index is -0.412. The Labute approximate surface area is 111 Å². The lowest BCUT2D eigenvalue weighted by Crippen LogP contribution is -2.53. The van der Waals surface area contributed by atoms with Crippen LogP contribution in [-0.4, -0.2) is 22.7 Å². The van der Waals surface area contributed by atoms with Gasteiger partial charge in [0.2, 0.25) is 5.91 Å². The van der Waals surface area contributed by atoms with E-state index in [1.54, 1.807) is 6.92 Å². The Kier molecular flexibility index (Phi) is 5.39. The van der Waals surface area contributed by atoms with Crippen LogP contribution in [0.15, 0.2) is 12.2 Å². The van der Waals surface area contributed by atoms with Crippen molar-refractivity contribution >= 4 is 5.91 Å². The van der Waals surface area contributed by atoms with Crippen LogP contribution in [0.1, 0.15) is 59.3 Å². The molecule has 1 fully saturated rings. The first kappa shape index (κ1) is 15.2. The molecule has 1 aliphatic rings. The summed E-state index contributed by atoms with van der Waals surface area (Å²) in [4.78, 5) is 11.8. The molecule has 0 bridgehead atoms. The van der Waals surface area contributed by atoms with Crippen molar-refractivity contribution in [1.29, 1.82) is 0 Å². The summed E-state index contributed by atoms with van der Waals surface area (Å²) in [6, 6.07) is 0. The van der Waals surface area contributed by atoms with Gasteiger partial charge in [-0.15, -0.1) is 0 Å². The first-order valence-electron chi connectivity index (χ1n) is 7.03. The number of aliphatic hydroxyl groups excluding tert-OH is 1. The Bertz CT molecular complexity index is 312. The van der Waals surface area contributed by atoms with Crippen molar-refractivity contribution in [3.05, 3.63) is 12.2 Å². The lowest BCUT2D eigenvalue weighted by atomic mass is 9.87. The van der Waals surface area contributed by atoms with Gasteiger partial charge in [-0.3, -0.25) is 4.79 Å². The molecule has 0 aromatic heterocycles. The van der Waals surface area contributed by atoms with Crippen LogP contribution in [0.3, 0.4) is 0 Å². The molecule has 0 radical (unpaired) electrons. The lowest BCUT2D eigenvalue weighted by molar-refractivity contribution is -0.120. The average Bonchev–Trinajstić information content (AvgIpc) is 2.60. The number of hydrogen-bond acceptors (Lipinski definition) is 2. The van der Waals surface area contributed by atoms with Crippen LogP contribution in [0.2, 0.25) is 0 Å². The molecule has 18 heavy (non-hydrogen) atoms. The maximum atomic E-state index is 11.8. The Hall–Kier alpha value is -0.830. The molecule has 1 amide bonds. The number of carbonyl (C=O) groups is 1. The van der Waals surface area contributed by atoms with E-state index in [0.29, 0.717) is 11.5 Å². The van der Waals surface area contributed by atoms with E-state index < -0.39 is 11.6 Å². The molecule has 3 heteroatoms. The number of hydrogen-bond donors (Lipinski definition) is 2. The van der Waals surface area contributed by atoms with Crippen molar-refractivity contribution in [3.8, 4) is 0 Å². The zero-order valence-corrected chi connectivity index (χ0v) is 12.0. The van der Waals surface area contributed by atoms with E-state index in [-0.39, 0.29) is 5.91 Å². The summed E-state index contributed by atoms with van der Waals surface area (Å²) < 4.78 is 0. The van der Waals surface area contributed by atoms with Crippen LogP contribution in [0.25, 0.3) is 0 Å². The fourth-order valence-corrected chi connectivity index (χ4v) is 2.71. The van der Waals surface area contributed by atoms with Gasteiger partial charge in [0.25, 0.3) is 0 Å². The van der Waals surface area contributed by atoms with Gasteiger partial charge in [0.05, 0.1) is 11.6 Å². The number of rotatable bonds is 6. The van der Waals surface area contributed by atoms with Crippen molar-refractivity contribution in [3.63, 3.8) is 0 Å². The summed E-state index contributed by atoms with van der Waals surface area (Å²) in [5.41, 5.74) is 0.0996. The Morgan fingerprint density at radius 3 is 2.67 bits per heavy atom. The van der Waals surface area contributed by atoms with Crippen LogP contribution in [0, 0.1) is 5.92 Å². The second-order valence-electron chi connectivity index (χ2n) is 6.08. The van der Waals surface area contributed by atoms with Crippen LogP contribution >= 0.6 is 0 Å². The molecule has 0 heterocycles. The molecular formula is C15H27NO2. The minimum absolute atomic E-state index is 0.125. The van der Waals surface area contributed by atoms with E-state index in [9.17, 15) is 9.90 Å². The highest BCUT2D eigenvalue weighted by Gasteiger charge is 2.42. The zero-order chi connectivity index (χ0) is 13.8. The molecule has 2 N–H and O–H groups in total. The van der Waals surface area contributed by atoms with E-state index in [2.05, 4.69) is 25.7 Å². The summed E-state index contributed by atoms with van der Waals surface area (Å²) >= 11 is 0. The first-order valence-corrected chi connectivity index (χ1v) is 7.03. The third-order valence-electron chi connectivity index (χ3n) is 3.89. The van der Waals surface area contributed by atoms with Crippen molar-refractivity contribution in [2.45, 2.75) is 70.9 Å². The van der Waals surface area contributed by atoms with E-state index in [1.807, 2.05) is 0 Å². The summed E-state index contributed by atoms with van der Waals surface area (Å²) in [6.45, 7) is 9.77. The lowest BCUT2D eigenvalue weighted by Gasteiger charge is -2.34. The smallest absolute Gasteiger partial charge is 0.246 e. The summed E-state index contributed by atoms with van der Waals surface area (Å²) in [5.74, 6) is 0.540. The largest absolute Gasteiger partial charge is 0.391 e. The maximum absolute atomic E-state index is 11.8. The normalized spacial score (nSPS) is 27.5. The Balaban J connectivity index is 2.64. The predicted molar refractivity (Wildman–Crippen MR) is 74.2 cm³/mol. The molecule has 1 saturated carbocycles. The van der Waals surface area contributed by atoms with Crippen molar-refractivity contribution < 1.29 is 9.90 Å². The molecule has 0 aliphatic heterocycles. The third kappa shape index (κ3) is 3.84. The van der Waals surface area contributed by atoms with Gasteiger partial charge in [0.15, 0.2) is 0 Å². The quantitative estimate of drug-likeness (QED) is 0.715. The van der Waals surface area contributed by atoms with Gasteiger partial charge >= 0.3 is 0 Å². The highest BCUT2D eigenvalue weighted by Crippen LogP contribution is 2.35. The minimum Gasteiger partial charge on any atom is -0.391 e. The van der Waals surface area contributed by atoms with Gasteiger partial charge in [-0.1, -0.05) is 33.3 Å². The monoisotopic (exact) mass is 253 g/mol. The van der Waals surface area contributed by atoms with E-state index in [0.717, 1.165) is 38.5 Å². The second-order valence-corrected chi connectivity index (χ2v) is 6.08. The third-order valence-corrected chi connectivity index (χ3v) is 3.89. The molecular weight excluding hydrogens is 226 g/mol. The predicted octanol–water partition coefficient (Wildman–Crippen LogP) is 2.79. The van der Waals surface area contributed by atoms with Crippen molar-refractivity contribution in [2.75, 3.05) is 0 Å². The number of nitrogens with one attached hydrogen (secondary N) is 1. The van der Waals surface area contributed by atoms with Crippen LogP contribution in [-0.2, 0) is 4.79 Å². The van der Waals surface area contributed by atoms with Crippen molar-refractivity contribution in [1.82, 2.24) is 5.32 Å². The van der Waals surface area contributed by atoms with Crippen molar-refractivity contribution in [2.24, 2.45) is 5.92 Å². The average molecular weight is 253 g/mol. The summed E-state index contributed by atoms with van der Waals surface area (Å²) in [7, 11) is 0. The number of amides is 1. The molecule has 0 aromatic carbocycles. The molecule has 0 spiro atoms. The van der Waals surface area contributed by atoms with Gasteiger partial charge in [-0.2, -0.15) is 0 Å². The van der Waals surface area contributed by atoms with Crippen LogP contribution in [0.5, 0.6) is 0 Å². The fraction of sp³-hybridized carbons (Fsp3) is 0.800. The van der Waals surface area contributed by atoms with Crippen LogP contribution < -0.4 is 5.32 Å². The van der Waals surface area contributed by atoms with Gasteiger partial charge in [-0.05, 0) is 38.5 Å². The molecule has 104 valence electrons. The number of carbonyl (C=O) groups excluding carboxylic acids is 1. The highest BCUT2D eigenvalue weighted by molar-refractivity contribution is 5.92. The Morgan fingerprint density at radius 2 is 2.22 bits per heavy atom. The molecule has 0 aromatic rings. The fourth-order valence-electron chi connectivity index (χ4n) is 2.71.